The number of hydrogen-bond donors (Lipinski definition) is 1. The summed E-state index contributed by atoms with van der Waals surface area (Å²) >= 11 is 0. The Bertz CT molecular complexity index is 577. The van der Waals surface area contributed by atoms with Crippen molar-refractivity contribution in [3.63, 3.8) is 0 Å². The monoisotopic (exact) mass is 277 g/mol. The van der Waals surface area contributed by atoms with Gasteiger partial charge in [-0.1, -0.05) is 12.1 Å². The summed E-state index contributed by atoms with van der Waals surface area (Å²) < 4.78 is 23.3. The van der Waals surface area contributed by atoms with Gasteiger partial charge in [-0.3, -0.25) is 4.79 Å². The van der Waals surface area contributed by atoms with E-state index in [1.807, 2.05) is 0 Å². The molecule has 0 bridgehead atoms. The van der Waals surface area contributed by atoms with Gasteiger partial charge in [0.25, 0.3) is 5.91 Å². The molecule has 0 unspecified atom stereocenters. The molecule has 2 aromatic rings. The first-order valence-electron chi connectivity index (χ1n) is 6.22. The second-order valence-electron chi connectivity index (χ2n) is 4.42. The maximum atomic E-state index is 12.9. The third kappa shape index (κ3) is 3.24. The lowest BCUT2D eigenvalue weighted by Crippen LogP contribution is -2.29. The summed E-state index contributed by atoms with van der Waals surface area (Å²) in [7, 11) is 1.54. The van der Waals surface area contributed by atoms with Crippen LogP contribution in [0.15, 0.2) is 41.0 Å². The van der Waals surface area contributed by atoms with Gasteiger partial charge in [0, 0.05) is 19.2 Å². The number of benzene rings is 1. The van der Waals surface area contributed by atoms with Crippen LogP contribution in [0.3, 0.4) is 0 Å². The zero-order chi connectivity index (χ0) is 14.5. The van der Waals surface area contributed by atoms with E-state index in [4.69, 9.17) is 9.15 Å². The van der Waals surface area contributed by atoms with Gasteiger partial charge in [-0.05, 0) is 30.7 Å². The molecule has 0 saturated heterocycles. The molecule has 0 aliphatic rings. The van der Waals surface area contributed by atoms with Gasteiger partial charge in [-0.2, -0.15) is 0 Å². The Morgan fingerprint density at radius 1 is 1.35 bits per heavy atom. The lowest BCUT2D eigenvalue weighted by Gasteiger charge is -2.16. The molecule has 106 valence electrons. The van der Waals surface area contributed by atoms with E-state index in [1.165, 1.54) is 18.4 Å². The van der Waals surface area contributed by atoms with Crippen molar-refractivity contribution in [2.24, 2.45) is 0 Å². The van der Waals surface area contributed by atoms with E-state index >= 15 is 0 Å². The predicted molar refractivity (Wildman–Crippen MR) is 71.9 cm³/mol. The summed E-state index contributed by atoms with van der Waals surface area (Å²) in [5.74, 6) is -0.311. The minimum absolute atomic E-state index is 0.279. The smallest absolute Gasteiger partial charge is 0.287 e. The van der Waals surface area contributed by atoms with Crippen molar-refractivity contribution in [3.05, 3.63) is 59.3 Å². The first kappa shape index (κ1) is 14.3. The van der Waals surface area contributed by atoms with Gasteiger partial charge in [0.15, 0.2) is 5.76 Å². The molecule has 2 rings (SSSR count). The van der Waals surface area contributed by atoms with Gasteiger partial charge in [-0.25, -0.2) is 4.39 Å². The highest BCUT2D eigenvalue weighted by atomic mass is 19.1. The van der Waals surface area contributed by atoms with E-state index in [9.17, 15) is 9.18 Å². The van der Waals surface area contributed by atoms with E-state index in [0.717, 1.165) is 11.1 Å². The number of nitrogens with one attached hydrogen (secondary N) is 1. The maximum absolute atomic E-state index is 12.9. The number of halogens is 1. The molecule has 4 nitrogen and oxygen atoms in total. The van der Waals surface area contributed by atoms with Crippen LogP contribution in [0.25, 0.3) is 0 Å². The van der Waals surface area contributed by atoms with Crippen LogP contribution in [0.1, 0.15) is 27.8 Å². The highest BCUT2D eigenvalue weighted by Gasteiger charge is 2.16. The molecule has 0 saturated carbocycles. The van der Waals surface area contributed by atoms with Gasteiger partial charge in [0.1, 0.15) is 5.82 Å². The third-order valence-electron chi connectivity index (χ3n) is 3.04. The van der Waals surface area contributed by atoms with E-state index in [1.54, 1.807) is 32.2 Å². The number of ether oxygens (including phenoxy) is 1. The number of amides is 1. The molecule has 1 amide bonds. The zero-order valence-corrected chi connectivity index (χ0v) is 11.4. The fourth-order valence-electron chi connectivity index (χ4n) is 1.89. The van der Waals surface area contributed by atoms with Crippen molar-refractivity contribution in [2.75, 3.05) is 13.7 Å². The highest BCUT2D eigenvalue weighted by Crippen LogP contribution is 2.16. The topological polar surface area (TPSA) is 51.5 Å². The summed E-state index contributed by atoms with van der Waals surface area (Å²) in [6, 6.07) is 7.71. The van der Waals surface area contributed by atoms with E-state index < -0.39 is 0 Å². The molecule has 0 spiro atoms. The fourth-order valence-corrected chi connectivity index (χ4v) is 1.89. The first-order valence-corrected chi connectivity index (χ1v) is 6.22. The lowest BCUT2D eigenvalue weighted by molar-refractivity contribution is 0.0806. The molecule has 1 heterocycles. The number of carbonyl (C=O) groups is 1. The molecular formula is C15H16FNO3. The van der Waals surface area contributed by atoms with Crippen LogP contribution < -0.4 is 5.32 Å². The molecule has 1 N–H and O–H groups in total. The van der Waals surface area contributed by atoms with Crippen LogP contribution in [-0.4, -0.2) is 19.6 Å². The Balaban J connectivity index is 1.99. The normalized spacial score (nSPS) is 12.2. The Hall–Kier alpha value is -2.14. The molecule has 1 aromatic carbocycles. The highest BCUT2D eigenvalue weighted by molar-refractivity contribution is 5.92. The number of carbonyl (C=O) groups excluding carboxylic acids is 1. The first-order chi connectivity index (χ1) is 9.61. The van der Waals surface area contributed by atoms with Crippen molar-refractivity contribution in [1.82, 2.24) is 5.32 Å². The van der Waals surface area contributed by atoms with Crippen LogP contribution in [0.2, 0.25) is 0 Å². The average Bonchev–Trinajstić information content (AvgIpc) is 2.87. The molecule has 20 heavy (non-hydrogen) atoms. The van der Waals surface area contributed by atoms with Crippen LogP contribution in [0.5, 0.6) is 0 Å². The molecule has 0 aliphatic carbocycles. The van der Waals surface area contributed by atoms with Crippen molar-refractivity contribution >= 4 is 5.91 Å². The van der Waals surface area contributed by atoms with Crippen LogP contribution in [-0.2, 0) is 4.74 Å². The van der Waals surface area contributed by atoms with Crippen LogP contribution in [0.4, 0.5) is 4.39 Å². The zero-order valence-electron chi connectivity index (χ0n) is 11.4. The van der Waals surface area contributed by atoms with Gasteiger partial charge in [0.05, 0.1) is 12.4 Å². The Kier molecular flexibility index (Phi) is 4.53. The average molecular weight is 277 g/mol. The summed E-state index contributed by atoms with van der Waals surface area (Å²) in [5, 5.41) is 2.74. The Labute approximate surface area is 116 Å². The number of rotatable bonds is 5. The number of furan rings is 1. The van der Waals surface area contributed by atoms with Gasteiger partial charge >= 0.3 is 0 Å². The standard InChI is InChI=1S/C15H16FNO3/c1-10-7-8-20-14(10)15(18)17-9-13(19-2)11-3-5-12(16)6-4-11/h3-8,13H,9H2,1-2H3,(H,17,18)/t13-/m1/s1. The molecule has 1 atom stereocenters. The summed E-state index contributed by atoms with van der Waals surface area (Å²) in [4.78, 5) is 11.9. The molecule has 0 radical (unpaired) electrons. The van der Waals surface area contributed by atoms with E-state index in [0.29, 0.717) is 5.76 Å². The molecule has 5 heteroatoms. The largest absolute Gasteiger partial charge is 0.459 e. The van der Waals surface area contributed by atoms with E-state index in [-0.39, 0.29) is 24.4 Å². The van der Waals surface area contributed by atoms with E-state index in [2.05, 4.69) is 5.32 Å². The van der Waals surface area contributed by atoms with Crippen molar-refractivity contribution < 1.29 is 18.3 Å². The predicted octanol–water partition coefficient (Wildman–Crippen LogP) is 2.84. The Morgan fingerprint density at radius 2 is 2.05 bits per heavy atom. The summed E-state index contributed by atoms with van der Waals surface area (Å²) in [6.45, 7) is 2.08. The molecule has 0 fully saturated rings. The van der Waals surface area contributed by atoms with Crippen LogP contribution in [0, 0.1) is 12.7 Å². The molecule has 0 aliphatic heterocycles. The van der Waals surface area contributed by atoms with Crippen molar-refractivity contribution in [1.29, 1.82) is 0 Å². The second kappa shape index (κ2) is 6.34. The van der Waals surface area contributed by atoms with Crippen molar-refractivity contribution in [3.8, 4) is 0 Å². The number of aryl methyl sites for hydroxylation is 1. The minimum Gasteiger partial charge on any atom is -0.459 e. The lowest BCUT2D eigenvalue weighted by atomic mass is 10.1. The summed E-state index contributed by atoms with van der Waals surface area (Å²) in [5.41, 5.74) is 1.57. The number of methoxy groups -OCH3 is 1. The Morgan fingerprint density at radius 3 is 2.60 bits per heavy atom. The van der Waals surface area contributed by atoms with Gasteiger partial charge in [0.2, 0.25) is 0 Å². The van der Waals surface area contributed by atoms with Crippen LogP contribution >= 0.6 is 0 Å². The van der Waals surface area contributed by atoms with Crippen molar-refractivity contribution in [2.45, 2.75) is 13.0 Å². The maximum Gasteiger partial charge on any atom is 0.287 e. The second-order valence-corrected chi connectivity index (χ2v) is 4.42. The fraction of sp³-hybridized carbons (Fsp3) is 0.267. The molecular weight excluding hydrogens is 261 g/mol. The van der Waals surface area contributed by atoms with Gasteiger partial charge < -0.3 is 14.5 Å². The molecule has 1 aromatic heterocycles. The quantitative estimate of drug-likeness (QED) is 0.914. The number of hydrogen-bond acceptors (Lipinski definition) is 3. The SMILES string of the molecule is CO[C@H](CNC(=O)c1occc1C)c1ccc(F)cc1. The van der Waals surface area contributed by atoms with Gasteiger partial charge in [-0.15, -0.1) is 0 Å². The summed E-state index contributed by atoms with van der Waals surface area (Å²) in [6.07, 6.45) is 1.13. The minimum atomic E-state index is -0.338. The third-order valence-corrected chi connectivity index (χ3v) is 3.04.